The highest BCUT2D eigenvalue weighted by molar-refractivity contribution is 7.80. The van der Waals surface area contributed by atoms with Gasteiger partial charge in [0, 0.05) is 16.8 Å². The molecule has 1 unspecified atom stereocenters. The summed E-state index contributed by atoms with van der Waals surface area (Å²) in [5.41, 5.74) is -0.545. The monoisotopic (exact) mass is 348 g/mol. The molecule has 2 aromatic carbocycles. The third-order valence-corrected chi connectivity index (χ3v) is 3.46. The van der Waals surface area contributed by atoms with Crippen LogP contribution in [0.4, 0.5) is 23.2 Å². The second-order valence-corrected chi connectivity index (χ2v) is 5.23. The fraction of sp³-hybridized carbons (Fsp3) is 0.143. The molecule has 2 N–H and O–H groups in total. The first-order chi connectivity index (χ1) is 10.7. The summed E-state index contributed by atoms with van der Waals surface area (Å²) in [4.78, 5) is 0. The summed E-state index contributed by atoms with van der Waals surface area (Å²) in [6.45, 7) is -0.503. The van der Waals surface area contributed by atoms with E-state index >= 15 is 0 Å². The van der Waals surface area contributed by atoms with Gasteiger partial charge in [-0.25, -0.2) is 4.39 Å². The highest BCUT2D eigenvalue weighted by atomic mass is 32.2. The van der Waals surface area contributed by atoms with Gasteiger partial charge in [0.1, 0.15) is 5.82 Å². The summed E-state index contributed by atoms with van der Waals surface area (Å²) >= 11 is -2.59. The highest BCUT2D eigenvalue weighted by Gasteiger charge is 2.33. The molecule has 0 saturated heterocycles. The van der Waals surface area contributed by atoms with Gasteiger partial charge in [-0.3, -0.25) is 4.21 Å². The third kappa shape index (κ3) is 4.06. The Bertz CT molecular complexity index is 749. The Morgan fingerprint density at radius 1 is 1.13 bits per heavy atom. The number of hydrogen-bond donors (Lipinski definition) is 2. The molecule has 4 nitrogen and oxygen atoms in total. The molecule has 0 aliphatic rings. The normalized spacial score (nSPS) is 13.0. The van der Waals surface area contributed by atoms with Gasteiger partial charge in [-0.05, 0) is 35.4 Å². The number of aliphatic hydroxyl groups is 1. The molecule has 0 aromatic heterocycles. The molecular weight excluding hydrogens is 338 g/mol. The Labute approximate surface area is 131 Å². The Morgan fingerprint density at radius 3 is 2.26 bits per heavy atom. The molecule has 1 atom stereocenters. The van der Waals surface area contributed by atoms with Gasteiger partial charge >= 0.3 is 6.18 Å². The lowest BCUT2D eigenvalue weighted by atomic mass is 10.0. The van der Waals surface area contributed by atoms with Crippen molar-refractivity contribution in [2.45, 2.75) is 12.8 Å². The van der Waals surface area contributed by atoms with E-state index in [2.05, 4.69) is 4.72 Å². The molecule has 2 aromatic rings. The molecule has 2 rings (SSSR count). The second-order valence-electron chi connectivity index (χ2n) is 4.56. The van der Waals surface area contributed by atoms with Gasteiger partial charge in [0.2, 0.25) is 0 Å². The molecule has 124 valence electrons. The van der Waals surface area contributed by atoms with Crippen LogP contribution >= 0.6 is 0 Å². The van der Waals surface area contributed by atoms with Gasteiger partial charge in [-0.1, -0.05) is 12.1 Å². The van der Waals surface area contributed by atoms with Crippen molar-refractivity contribution in [2.75, 3.05) is 4.72 Å². The van der Waals surface area contributed by atoms with Crippen LogP contribution in [-0.2, 0) is 24.0 Å². The molecular formula is C14H10F4NO3S-. The van der Waals surface area contributed by atoms with Crippen LogP contribution in [0.2, 0.25) is 0 Å². The number of anilines is 1. The van der Waals surface area contributed by atoms with Crippen molar-refractivity contribution in [1.82, 2.24) is 0 Å². The van der Waals surface area contributed by atoms with Crippen molar-refractivity contribution in [3.63, 3.8) is 0 Å². The van der Waals surface area contributed by atoms with E-state index in [-0.39, 0.29) is 16.8 Å². The second kappa shape index (κ2) is 6.65. The third-order valence-electron chi connectivity index (χ3n) is 3.08. The topological polar surface area (TPSA) is 72.4 Å². The maximum atomic E-state index is 13.6. The Hall–Kier alpha value is -1.97. The van der Waals surface area contributed by atoms with Crippen LogP contribution in [-0.4, -0.2) is 13.9 Å². The highest BCUT2D eigenvalue weighted by Crippen LogP contribution is 2.34. The minimum absolute atomic E-state index is 0.122. The van der Waals surface area contributed by atoms with Crippen LogP contribution in [0.3, 0.4) is 0 Å². The largest absolute Gasteiger partial charge is 0.755 e. The standard InChI is InChI=1S/C14H11F4NO3S/c15-12-6-9(1-3-11(12)14(16,17)18)8-2-4-13(19-23(21)22)10(5-8)7-20/h1-6,19-20H,7H2,(H,21,22)/p-1. The zero-order valence-electron chi connectivity index (χ0n) is 11.4. The lowest BCUT2D eigenvalue weighted by Gasteiger charge is -2.14. The van der Waals surface area contributed by atoms with Crippen molar-refractivity contribution in [3.05, 3.63) is 53.3 Å². The van der Waals surface area contributed by atoms with E-state index < -0.39 is 35.4 Å². The zero-order valence-corrected chi connectivity index (χ0v) is 12.2. The van der Waals surface area contributed by atoms with E-state index in [1.807, 2.05) is 0 Å². The average Bonchev–Trinajstić information content (AvgIpc) is 2.45. The summed E-state index contributed by atoms with van der Waals surface area (Å²) in [6.07, 6.45) is -4.79. The summed E-state index contributed by atoms with van der Waals surface area (Å²) in [7, 11) is 0. The van der Waals surface area contributed by atoms with E-state index in [1.54, 1.807) is 0 Å². The quantitative estimate of drug-likeness (QED) is 0.658. The number of alkyl halides is 3. The van der Waals surface area contributed by atoms with Crippen LogP contribution in [0, 0.1) is 5.82 Å². The summed E-state index contributed by atoms with van der Waals surface area (Å²) in [5.74, 6) is -1.41. The summed E-state index contributed by atoms with van der Waals surface area (Å²) in [5, 5.41) is 9.24. The van der Waals surface area contributed by atoms with Crippen LogP contribution < -0.4 is 4.72 Å². The number of halogens is 4. The van der Waals surface area contributed by atoms with E-state index in [4.69, 9.17) is 0 Å². The molecule has 0 aliphatic heterocycles. The predicted octanol–water partition coefficient (Wildman–Crippen LogP) is 3.21. The average molecular weight is 348 g/mol. The first kappa shape index (κ1) is 17.4. The molecule has 0 aliphatic carbocycles. The Morgan fingerprint density at radius 2 is 1.74 bits per heavy atom. The lowest BCUT2D eigenvalue weighted by Crippen LogP contribution is -2.08. The van der Waals surface area contributed by atoms with Crippen LogP contribution in [0.15, 0.2) is 36.4 Å². The van der Waals surface area contributed by atoms with Crippen molar-refractivity contribution < 1.29 is 31.4 Å². The van der Waals surface area contributed by atoms with Crippen LogP contribution in [0.5, 0.6) is 0 Å². The molecule has 0 radical (unpaired) electrons. The minimum Gasteiger partial charge on any atom is -0.755 e. The summed E-state index contributed by atoms with van der Waals surface area (Å²) in [6, 6.07) is 6.54. The van der Waals surface area contributed by atoms with Gasteiger partial charge in [-0.15, -0.1) is 0 Å². The fourth-order valence-electron chi connectivity index (χ4n) is 2.02. The molecule has 0 amide bonds. The van der Waals surface area contributed by atoms with Crippen LogP contribution in [0.25, 0.3) is 11.1 Å². The van der Waals surface area contributed by atoms with Gasteiger partial charge in [0.15, 0.2) is 0 Å². The molecule has 0 saturated carbocycles. The van der Waals surface area contributed by atoms with Gasteiger partial charge < -0.3 is 14.4 Å². The van der Waals surface area contributed by atoms with Gasteiger partial charge in [0.05, 0.1) is 17.9 Å². The SMILES string of the molecule is O=S([O-])Nc1ccc(-c2ccc(C(F)(F)F)c(F)c2)cc1CO. The maximum absolute atomic E-state index is 13.6. The first-order valence-electron chi connectivity index (χ1n) is 6.19. The Kier molecular flexibility index (Phi) is 5.03. The van der Waals surface area contributed by atoms with Gasteiger partial charge in [0.25, 0.3) is 0 Å². The number of nitrogens with one attached hydrogen (secondary N) is 1. The van der Waals surface area contributed by atoms with Gasteiger partial charge in [-0.2, -0.15) is 13.2 Å². The number of benzene rings is 2. The molecule has 0 heterocycles. The fourth-order valence-corrected chi connectivity index (χ4v) is 2.40. The molecule has 0 bridgehead atoms. The van der Waals surface area contributed by atoms with E-state index in [9.17, 15) is 31.4 Å². The van der Waals surface area contributed by atoms with E-state index in [0.29, 0.717) is 11.6 Å². The van der Waals surface area contributed by atoms with Crippen molar-refractivity contribution in [2.24, 2.45) is 0 Å². The van der Waals surface area contributed by atoms with Crippen molar-refractivity contribution >= 4 is 17.0 Å². The molecule has 0 fully saturated rings. The molecule has 0 spiro atoms. The van der Waals surface area contributed by atoms with Crippen molar-refractivity contribution in [3.8, 4) is 11.1 Å². The first-order valence-corrected chi connectivity index (χ1v) is 7.26. The molecule has 9 heteroatoms. The maximum Gasteiger partial charge on any atom is 0.419 e. The lowest BCUT2D eigenvalue weighted by molar-refractivity contribution is -0.139. The zero-order chi connectivity index (χ0) is 17.2. The molecule has 23 heavy (non-hydrogen) atoms. The minimum atomic E-state index is -4.79. The smallest absolute Gasteiger partial charge is 0.419 e. The predicted molar refractivity (Wildman–Crippen MR) is 75.3 cm³/mol. The number of rotatable bonds is 4. The van der Waals surface area contributed by atoms with Crippen LogP contribution in [0.1, 0.15) is 11.1 Å². The Balaban J connectivity index is 2.43. The van der Waals surface area contributed by atoms with E-state index in [1.165, 1.54) is 18.2 Å². The summed E-state index contributed by atoms with van der Waals surface area (Å²) < 4.78 is 74.5. The van der Waals surface area contributed by atoms with Crippen molar-refractivity contribution in [1.29, 1.82) is 0 Å². The number of hydrogen-bond acceptors (Lipinski definition) is 3. The number of aliphatic hydroxyl groups excluding tert-OH is 1. The van der Waals surface area contributed by atoms with E-state index in [0.717, 1.165) is 12.1 Å².